The van der Waals surface area contributed by atoms with Crippen LogP contribution in [0, 0.1) is 0 Å². The van der Waals surface area contributed by atoms with E-state index in [1.807, 2.05) is 12.1 Å². The molecule has 0 aliphatic rings. The minimum Gasteiger partial charge on any atom is -0.489 e. The van der Waals surface area contributed by atoms with Crippen LogP contribution in [0.3, 0.4) is 0 Å². The third-order valence-corrected chi connectivity index (χ3v) is 4.04. The summed E-state index contributed by atoms with van der Waals surface area (Å²) in [5.41, 5.74) is 1.27. The zero-order valence-corrected chi connectivity index (χ0v) is 13.5. The maximum atomic E-state index is 5.90. The molecule has 0 spiro atoms. The molecule has 0 bridgehead atoms. The maximum Gasteiger partial charge on any atom is 0.119 e. The van der Waals surface area contributed by atoms with Gasteiger partial charge in [0, 0.05) is 25.1 Å². The second-order valence-electron chi connectivity index (χ2n) is 5.03. The average Bonchev–Trinajstić information content (AvgIpc) is 3.00. The summed E-state index contributed by atoms with van der Waals surface area (Å²) in [5, 5.41) is 5.52. The van der Waals surface area contributed by atoms with Gasteiger partial charge in [-0.3, -0.25) is 0 Å². The molecule has 0 saturated carbocycles. The van der Waals surface area contributed by atoms with E-state index in [9.17, 15) is 0 Å². The molecule has 0 aliphatic carbocycles. The summed E-state index contributed by atoms with van der Waals surface area (Å²) in [6.07, 6.45) is 1.09. The summed E-state index contributed by atoms with van der Waals surface area (Å²) in [5.74, 6) is 0.918. The van der Waals surface area contributed by atoms with Crippen LogP contribution in [0.2, 0.25) is 0 Å². The van der Waals surface area contributed by atoms with Crippen molar-refractivity contribution in [3.8, 4) is 5.75 Å². The Morgan fingerprint density at radius 3 is 2.67 bits per heavy atom. The van der Waals surface area contributed by atoms with Gasteiger partial charge in [0.15, 0.2) is 0 Å². The highest BCUT2D eigenvalue weighted by Crippen LogP contribution is 2.14. The number of nitrogens with one attached hydrogen (secondary N) is 1. The third kappa shape index (κ3) is 5.87. The van der Waals surface area contributed by atoms with Crippen LogP contribution in [0.25, 0.3) is 0 Å². The lowest BCUT2D eigenvalue weighted by Crippen LogP contribution is -2.28. The van der Waals surface area contributed by atoms with Gasteiger partial charge in [-0.1, -0.05) is 18.2 Å². The molecular formula is C17H23NO2S. The molecule has 2 rings (SSSR count). The quantitative estimate of drug-likeness (QED) is 0.769. The Morgan fingerprint density at radius 1 is 1.19 bits per heavy atom. The molecule has 0 fully saturated rings. The van der Waals surface area contributed by atoms with Crippen LogP contribution in [0.15, 0.2) is 41.8 Å². The Balaban J connectivity index is 1.70. The van der Waals surface area contributed by atoms with Gasteiger partial charge in [-0.15, -0.1) is 11.3 Å². The summed E-state index contributed by atoms with van der Waals surface area (Å²) >= 11 is 1.77. The molecule has 1 aromatic carbocycles. The smallest absolute Gasteiger partial charge is 0.119 e. The van der Waals surface area contributed by atoms with E-state index in [0.717, 1.165) is 31.9 Å². The fourth-order valence-electron chi connectivity index (χ4n) is 2.04. The Hall–Kier alpha value is -1.36. The van der Waals surface area contributed by atoms with Gasteiger partial charge in [0.1, 0.15) is 11.9 Å². The Morgan fingerprint density at radius 2 is 2.00 bits per heavy atom. The Bertz CT molecular complexity index is 496. The molecule has 1 unspecified atom stereocenters. The fraction of sp³-hybridized carbons (Fsp3) is 0.412. The minimum absolute atomic E-state index is 0.148. The summed E-state index contributed by atoms with van der Waals surface area (Å²) in [4.78, 5) is 1.35. The summed E-state index contributed by atoms with van der Waals surface area (Å²) in [6.45, 7) is 4.58. The van der Waals surface area contributed by atoms with Gasteiger partial charge in [0.05, 0.1) is 6.61 Å². The highest BCUT2D eigenvalue weighted by atomic mass is 32.1. The molecule has 1 atom stereocenters. The number of methoxy groups -OCH3 is 1. The molecule has 1 heterocycles. The van der Waals surface area contributed by atoms with Crippen LogP contribution in [0.4, 0.5) is 0 Å². The highest BCUT2D eigenvalue weighted by molar-refractivity contribution is 7.09. The first-order valence-corrected chi connectivity index (χ1v) is 8.13. The summed E-state index contributed by atoms with van der Waals surface area (Å²) in [7, 11) is 1.72. The van der Waals surface area contributed by atoms with Crippen LogP contribution in [-0.2, 0) is 17.7 Å². The van der Waals surface area contributed by atoms with Crippen LogP contribution in [0.1, 0.15) is 17.4 Å². The molecule has 3 nitrogen and oxygen atoms in total. The number of thiophene rings is 1. The number of ether oxygens (including phenoxy) is 2. The first-order chi connectivity index (χ1) is 10.3. The number of rotatable bonds is 9. The van der Waals surface area contributed by atoms with E-state index in [2.05, 4.69) is 41.9 Å². The molecule has 114 valence electrons. The zero-order chi connectivity index (χ0) is 14.9. The lowest BCUT2D eigenvalue weighted by Gasteiger charge is -2.15. The second kappa shape index (κ2) is 8.82. The van der Waals surface area contributed by atoms with E-state index >= 15 is 0 Å². The topological polar surface area (TPSA) is 30.5 Å². The summed E-state index contributed by atoms with van der Waals surface area (Å²) in [6, 6.07) is 12.5. The van der Waals surface area contributed by atoms with Gasteiger partial charge in [-0.2, -0.15) is 0 Å². The average molecular weight is 305 g/mol. The minimum atomic E-state index is 0.148. The van der Waals surface area contributed by atoms with Gasteiger partial charge < -0.3 is 14.8 Å². The molecule has 1 aromatic heterocycles. The van der Waals surface area contributed by atoms with Crippen molar-refractivity contribution in [3.05, 3.63) is 52.2 Å². The second-order valence-corrected chi connectivity index (χ2v) is 6.06. The van der Waals surface area contributed by atoms with Gasteiger partial charge in [0.25, 0.3) is 0 Å². The standard InChI is InChI=1S/C17H23NO2S/c1-14(12-18-13-17-4-3-11-21-17)20-16-7-5-15(6-8-16)9-10-19-2/h3-8,11,14,18H,9-10,12-13H2,1-2H3. The Labute approximate surface area is 130 Å². The predicted molar refractivity (Wildman–Crippen MR) is 88.1 cm³/mol. The van der Waals surface area contributed by atoms with Crippen molar-refractivity contribution >= 4 is 11.3 Å². The first kappa shape index (κ1) is 16.0. The molecule has 0 aliphatic heterocycles. The molecular weight excluding hydrogens is 282 g/mol. The van der Waals surface area contributed by atoms with Gasteiger partial charge in [0.2, 0.25) is 0 Å². The molecule has 0 amide bonds. The highest BCUT2D eigenvalue weighted by Gasteiger charge is 2.04. The van der Waals surface area contributed by atoms with E-state index in [0.29, 0.717) is 0 Å². The largest absolute Gasteiger partial charge is 0.489 e. The maximum absolute atomic E-state index is 5.90. The van der Waals surface area contributed by atoms with E-state index in [1.165, 1.54) is 10.4 Å². The zero-order valence-electron chi connectivity index (χ0n) is 12.7. The fourth-order valence-corrected chi connectivity index (χ4v) is 2.71. The molecule has 1 N–H and O–H groups in total. The summed E-state index contributed by atoms with van der Waals surface area (Å²) < 4.78 is 11.0. The molecule has 0 saturated heterocycles. The van der Waals surface area contributed by atoms with Crippen LogP contribution in [-0.4, -0.2) is 26.4 Å². The number of hydrogen-bond acceptors (Lipinski definition) is 4. The SMILES string of the molecule is COCCc1ccc(OC(C)CNCc2cccs2)cc1. The van der Waals surface area contributed by atoms with Gasteiger partial charge in [-0.05, 0) is 42.5 Å². The van der Waals surface area contributed by atoms with Crippen molar-refractivity contribution < 1.29 is 9.47 Å². The molecule has 0 radical (unpaired) electrons. The van der Waals surface area contributed by atoms with Gasteiger partial charge >= 0.3 is 0 Å². The first-order valence-electron chi connectivity index (χ1n) is 7.25. The molecule has 21 heavy (non-hydrogen) atoms. The lowest BCUT2D eigenvalue weighted by atomic mass is 10.1. The van der Waals surface area contributed by atoms with Gasteiger partial charge in [-0.25, -0.2) is 0 Å². The van der Waals surface area contributed by atoms with Crippen molar-refractivity contribution in [2.45, 2.75) is 26.0 Å². The van der Waals surface area contributed by atoms with Crippen molar-refractivity contribution in [1.82, 2.24) is 5.32 Å². The Kier molecular flexibility index (Phi) is 6.73. The molecule has 2 aromatic rings. The van der Waals surface area contributed by atoms with Crippen molar-refractivity contribution in [1.29, 1.82) is 0 Å². The molecule has 4 heteroatoms. The van der Waals surface area contributed by atoms with E-state index in [1.54, 1.807) is 18.4 Å². The number of hydrogen-bond donors (Lipinski definition) is 1. The lowest BCUT2D eigenvalue weighted by molar-refractivity contribution is 0.202. The van der Waals surface area contributed by atoms with Crippen molar-refractivity contribution in [2.75, 3.05) is 20.3 Å². The van der Waals surface area contributed by atoms with E-state index in [-0.39, 0.29) is 6.10 Å². The van der Waals surface area contributed by atoms with Crippen molar-refractivity contribution in [2.24, 2.45) is 0 Å². The van der Waals surface area contributed by atoms with E-state index in [4.69, 9.17) is 9.47 Å². The van der Waals surface area contributed by atoms with Crippen LogP contribution < -0.4 is 10.1 Å². The van der Waals surface area contributed by atoms with Crippen molar-refractivity contribution in [3.63, 3.8) is 0 Å². The predicted octanol–water partition coefficient (Wildman–Crippen LogP) is 3.49. The number of benzene rings is 1. The van der Waals surface area contributed by atoms with Crippen LogP contribution >= 0.6 is 11.3 Å². The normalized spacial score (nSPS) is 12.3. The third-order valence-electron chi connectivity index (χ3n) is 3.17. The van der Waals surface area contributed by atoms with E-state index < -0.39 is 0 Å². The van der Waals surface area contributed by atoms with Crippen LogP contribution in [0.5, 0.6) is 5.75 Å². The monoisotopic (exact) mass is 305 g/mol.